The topological polar surface area (TPSA) is 61.6 Å². The number of hydrogen-bond acceptors (Lipinski definition) is 4. The van der Waals surface area contributed by atoms with Crippen molar-refractivity contribution in [2.24, 2.45) is 5.92 Å². The van der Waals surface area contributed by atoms with Gasteiger partial charge in [0.25, 0.3) is 5.69 Å². The number of hydrogen-bond donors (Lipinski definition) is 0. The van der Waals surface area contributed by atoms with Gasteiger partial charge in [0, 0.05) is 5.56 Å². The van der Waals surface area contributed by atoms with E-state index in [1.807, 2.05) is 13.8 Å². The number of benzene rings is 1. The van der Waals surface area contributed by atoms with Crippen molar-refractivity contribution >= 4 is 5.69 Å². The number of fused-ring (bicyclic) bond motifs is 1. The molecule has 0 amide bonds. The molecule has 0 aromatic heterocycles. The molecule has 0 unspecified atom stereocenters. The molecular weight excluding hydrogens is 210 g/mol. The highest BCUT2D eigenvalue weighted by molar-refractivity contribution is 5.55. The van der Waals surface area contributed by atoms with Crippen LogP contribution in [0.2, 0.25) is 0 Å². The maximum Gasteiger partial charge on any atom is 0.276 e. The zero-order valence-corrected chi connectivity index (χ0v) is 9.23. The summed E-state index contributed by atoms with van der Waals surface area (Å²) in [5, 5.41) is 10.9. The third kappa shape index (κ3) is 1.93. The smallest absolute Gasteiger partial charge is 0.276 e. The second kappa shape index (κ2) is 4.00. The fourth-order valence-electron chi connectivity index (χ4n) is 1.75. The van der Waals surface area contributed by atoms with Crippen molar-refractivity contribution in [1.82, 2.24) is 0 Å². The molecule has 16 heavy (non-hydrogen) atoms. The molecule has 0 spiro atoms. The van der Waals surface area contributed by atoms with E-state index >= 15 is 0 Å². The summed E-state index contributed by atoms with van der Waals surface area (Å²) < 4.78 is 10.3. The van der Waals surface area contributed by atoms with Gasteiger partial charge in [0.05, 0.1) is 11.0 Å². The van der Waals surface area contributed by atoms with Crippen LogP contribution in [-0.2, 0) is 6.42 Å². The maximum atomic E-state index is 10.9. The molecule has 0 saturated heterocycles. The summed E-state index contributed by atoms with van der Waals surface area (Å²) in [6.07, 6.45) is 0.660. The minimum atomic E-state index is -0.375. The third-order valence-corrected chi connectivity index (χ3v) is 2.40. The molecule has 0 fully saturated rings. The summed E-state index contributed by atoms with van der Waals surface area (Å²) in [6.45, 7) is 4.18. The summed E-state index contributed by atoms with van der Waals surface area (Å²) in [5.74, 6) is 1.42. The number of nitro groups is 1. The molecule has 0 radical (unpaired) electrons. The van der Waals surface area contributed by atoms with E-state index < -0.39 is 0 Å². The van der Waals surface area contributed by atoms with Crippen LogP contribution in [0.1, 0.15) is 19.4 Å². The first-order chi connectivity index (χ1) is 7.58. The Morgan fingerprint density at radius 3 is 2.56 bits per heavy atom. The van der Waals surface area contributed by atoms with Crippen molar-refractivity contribution in [2.45, 2.75) is 20.3 Å². The Bertz CT molecular complexity index is 428. The molecular formula is C11H13NO4. The van der Waals surface area contributed by atoms with E-state index in [-0.39, 0.29) is 17.4 Å². The Hall–Kier alpha value is -1.78. The second-order valence-corrected chi connectivity index (χ2v) is 4.19. The van der Waals surface area contributed by atoms with Crippen LogP contribution in [0.4, 0.5) is 5.69 Å². The van der Waals surface area contributed by atoms with Crippen LogP contribution in [0.3, 0.4) is 0 Å². The van der Waals surface area contributed by atoms with Gasteiger partial charge in [-0.2, -0.15) is 0 Å². The lowest BCUT2D eigenvalue weighted by Crippen LogP contribution is -2.00. The predicted molar refractivity (Wildman–Crippen MR) is 57.8 cm³/mol. The molecule has 5 heteroatoms. The van der Waals surface area contributed by atoms with Crippen molar-refractivity contribution in [2.75, 3.05) is 6.79 Å². The van der Waals surface area contributed by atoms with Crippen molar-refractivity contribution in [3.05, 3.63) is 27.8 Å². The number of rotatable bonds is 3. The molecule has 1 aliphatic rings. The van der Waals surface area contributed by atoms with E-state index in [1.54, 1.807) is 6.07 Å². The van der Waals surface area contributed by atoms with Gasteiger partial charge in [-0.05, 0) is 18.4 Å². The van der Waals surface area contributed by atoms with Crippen molar-refractivity contribution in [3.63, 3.8) is 0 Å². The summed E-state index contributed by atoms with van der Waals surface area (Å²) in [6, 6.07) is 3.15. The molecule has 0 aliphatic carbocycles. The fraction of sp³-hybridized carbons (Fsp3) is 0.455. The molecule has 0 atom stereocenters. The SMILES string of the molecule is CC(C)Cc1cc2c(cc1[N+](=O)[O-])OCO2. The standard InChI is InChI=1S/C11H13NO4/c1-7(2)3-8-4-10-11(16-6-15-10)5-9(8)12(13)14/h4-5,7H,3,6H2,1-2H3. The highest BCUT2D eigenvalue weighted by atomic mass is 16.7. The molecule has 5 nitrogen and oxygen atoms in total. The van der Waals surface area contributed by atoms with Gasteiger partial charge in [-0.15, -0.1) is 0 Å². The second-order valence-electron chi connectivity index (χ2n) is 4.19. The normalized spacial score (nSPS) is 13.2. The van der Waals surface area contributed by atoms with Gasteiger partial charge >= 0.3 is 0 Å². The molecule has 0 N–H and O–H groups in total. The molecule has 1 aromatic carbocycles. The summed E-state index contributed by atoms with van der Waals surface area (Å²) in [7, 11) is 0. The van der Waals surface area contributed by atoms with Gasteiger partial charge in [0.15, 0.2) is 11.5 Å². The lowest BCUT2D eigenvalue weighted by Gasteiger charge is -2.07. The molecule has 1 aliphatic heterocycles. The zero-order valence-electron chi connectivity index (χ0n) is 9.23. The van der Waals surface area contributed by atoms with E-state index in [0.717, 1.165) is 0 Å². The largest absolute Gasteiger partial charge is 0.454 e. The first kappa shape index (κ1) is 10.7. The molecule has 2 rings (SSSR count). The van der Waals surface area contributed by atoms with Gasteiger partial charge in [-0.1, -0.05) is 13.8 Å². The van der Waals surface area contributed by atoms with Crippen LogP contribution in [0, 0.1) is 16.0 Å². The van der Waals surface area contributed by atoms with E-state index in [4.69, 9.17) is 9.47 Å². The zero-order chi connectivity index (χ0) is 11.7. The van der Waals surface area contributed by atoms with Crippen molar-refractivity contribution < 1.29 is 14.4 Å². The van der Waals surface area contributed by atoms with Crippen LogP contribution in [-0.4, -0.2) is 11.7 Å². The average Bonchev–Trinajstić information content (AvgIpc) is 2.62. The molecule has 0 bridgehead atoms. The number of ether oxygens (including phenoxy) is 2. The first-order valence-electron chi connectivity index (χ1n) is 5.15. The number of nitro benzene ring substituents is 1. The molecule has 1 heterocycles. The highest BCUT2D eigenvalue weighted by Gasteiger charge is 2.23. The van der Waals surface area contributed by atoms with Gasteiger partial charge in [0.2, 0.25) is 6.79 Å². The Kier molecular flexibility index (Phi) is 2.68. The average molecular weight is 223 g/mol. The monoisotopic (exact) mass is 223 g/mol. The van der Waals surface area contributed by atoms with Gasteiger partial charge in [-0.25, -0.2) is 0 Å². The highest BCUT2D eigenvalue weighted by Crippen LogP contribution is 2.38. The predicted octanol–water partition coefficient (Wildman–Crippen LogP) is 2.52. The van der Waals surface area contributed by atoms with E-state index in [1.165, 1.54) is 6.07 Å². The van der Waals surface area contributed by atoms with Crippen molar-refractivity contribution in [3.8, 4) is 11.5 Å². The Morgan fingerprint density at radius 1 is 1.38 bits per heavy atom. The van der Waals surface area contributed by atoms with Crippen LogP contribution < -0.4 is 9.47 Å². The third-order valence-electron chi connectivity index (χ3n) is 2.40. The fourth-order valence-corrected chi connectivity index (χ4v) is 1.75. The Labute approximate surface area is 93.1 Å². The van der Waals surface area contributed by atoms with E-state index in [9.17, 15) is 10.1 Å². The summed E-state index contributed by atoms with van der Waals surface area (Å²) >= 11 is 0. The maximum absolute atomic E-state index is 10.9. The van der Waals surface area contributed by atoms with Crippen LogP contribution in [0.5, 0.6) is 11.5 Å². The Morgan fingerprint density at radius 2 is 2.00 bits per heavy atom. The minimum absolute atomic E-state index is 0.109. The van der Waals surface area contributed by atoms with Gasteiger partial charge < -0.3 is 9.47 Å². The Balaban J connectivity index is 2.44. The lowest BCUT2D eigenvalue weighted by atomic mass is 10.0. The minimum Gasteiger partial charge on any atom is -0.454 e. The summed E-state index contributed by atoms with van der Waals surface area (Å²) in [4.78, 5) is 10.5. The summed E-state index contributed by atoms with van der Waals surface area (Å²) in [5.41, 5.74) is 0.808. The molecule has 1 aromatic rings. The number of nitrogens with zero attached hydrogens (tertiary/aromatic N) is 1. The van der Waals surface area contributed by atoms with Crippen LogP contribution >= 0.6 is 0 Å². The van der Waals surface area contributed by atoms with E-state index in [2.05, 4.69) is 0 Å². The van der Waals surface area contributed by atoms with Gasteiger partial charge in [-0.3, -0.25) is 10.1 Å². The molecule has 86 valence electrons. The van der Waals surface area contributed by atoms with Crippen LogP contribution in [0.25, 0.3) is 0 Å². The molecule has 0 saturated carbocycles. The van der Waals surface area contributed by atoms with Crippen LogP contribution in [0.15, 0.2) is 12.1 Å². The van der Waals surface area contributed by atoms with Gasteiger partial charge in [0.1, 0.15) is 0 Å². The van der Waals surface area contributed by atoms with Crippen molar-refractivity contribution in [1.29, 1.82) is 0 Å². The first-order valence-corrected chi connectivity index (χ1v) is 5.15. The van der Waals surface area contributed by atoms with E-state index in [0.29, 0.717) is 29.4 Å². The quantitative estimate of drug-likeness (QED) is 0.583. The lowest BCUT2D eigenvalue weighted by molar-refractivity contribution is -0.385.